The molecule has 0 amide bonds. The zero-order valence-corrected chi connectivity index (χ0v) is 13.3. The van der Waals surface area contributed by atoms with E-state index in [-0.39, 0.29) is 23.1 Å². The fourth-order valence-corrected chi connectivity index (χ4v) is 3.04. The van der Waals surface area contributed by atoms with Crippen molar-refractivity contribution in [2.75, 3.05) is 19.8 Å². The van der Waals surface area contributed by atoms with Crippen molar-refractivity contribution >= 4 is 0 Å². The van der Waals surface area contributed by atoms with E-state index in [0.717, 1.165) is 19.5 Å². The van der Waals surface area contributed by atoms with Gasteiger partial charge in [-0.05, 0) is 42.8 Å². The molecule has 2 N–H and O–H groups in total. The van der Waals surface area contributed by atoms with Crippen LogP contribution in [0.25, 0.3) is 0 Å². The molecule has 0 radical (unpaired) electrons. The van der Waals surface area contributed by atoms with Crippen LogP contribution in [0.4, 0.5) is 8.78 Å². The highest BCUT2D eigenvalue weighted by molar-refractivity contribution is 5.33. The van der Waals surface area contributed by atoms with Crippen LogP contribution in [-0.4, -0.2) is 39.8 Å². The van der Waals surface area contributed by atoms with Crippen molar-refractivity contribution in [1.82, 2.24) is 9.80 Å². The third-order valence-corrected chi connectivity index (χ3v) is 4.22. The Balaban J connectivity index is 1.66. The van der Waals surface area contributed by atoms with Gasteiger partial charge < -0.3 is 10.2 Å². The number of rotatable bonds is 4. The molecule has 0 unspecified atom stereocenters. The molecule has 0 aromatic heterocycles. The summed E-state index contributed by atoms with van der Waals surface area (Å²) in [5, 5.41) is 19.7. The minimum atomic E-state index is -0.374. The van der Waals surface area contributed by atoms with E-state index < -0.39 is 0 Å². The zero-order chi connectivity index (χ0) is 17.1. The van der Waals surface area contributed by atoms with E-state index in [2.05, 4.69) is 9.80 Å². The molecule has 1 aliphatic heterocycles. The van der Waals surface area contributed by atoms with Crippen LogP contribution in [0.1, 0.15) is 17.5 Å². The molecule has 2 aromatic carbocycles. The number of halogens is 2. The predicted molar refractivity (Wildman–Crippen MR) is 86.4 cm³/mol. The average molecular weight is 334 g/mol. The molecule has 128 valence electrons. The van der Waals surface area contributed by atoms with Crippen molar-refractivity contribution in [2.24, 2.45) is 0 Å². The van der Waals surface area contributed by atoms with Crippen molar-refractivity contribution in [2.45, 2.75) is 19.5 Å². The third kappa shape index (κ3) is 4.01. The van der Waals surface area contributed by atoms with Gasteiger partial charge in [-0.1, -0.05) is 0 Å². The summed E-state index contributed by atoms with van der Waals surface area (Å²) in [6.45, 7) is 3.15. The monoisotopic (exact) mass is 334 g/mol. The number of phenols is 2. The highest BCUT2D eigenvalue weighted by Crippen LogP contribution is 2.23. The normalized spacial score (nSPS) is 16.4. The number of hydrogen-bond donors (Lipinski definition) is 2. The van der Waals surface area contributed by atoms with Gasteiger partial charge in [-0.25, -0.2) is 8.78 Å². The van der Waals surface area contributed by atoms with Crippen molar-refractivity contribution in [1.29, 1.82) is 0 Å². The first-order valence-electron chi connectivity index (χ1n) is 7.91. The molecule has 24 heavy (non-hydrogen) atoms. The topological polar surface area (TPSA) is 46.9 Å². The average Bonchev–Trinajstić information content (AvgIpc) is 2.55. The van der Waals surface area contributed by atoms with Crippen LogP contribution in [0.15, 0.2) is 36.4 Å². The predicted octanol–water partition coefficient (Wildman–Crippen LogP) is 3.04. The van der Waals surface area contributed by atoms with E-state index in [1.165, 1.54) is 36.4 Å². The van der Waals surface area contributed by atoms with E-state index in [4.69, 9.17) is 0 Å². The van der Waals surface area contributed by atoms with Gasteiger partial charge in [0, 0.05) is 37.3 Å². The fourth-order valence-electron chi connectivity index (χ4n) is 3.04. The molecule has 1 fully saturated rings. The molecule has 0 saturated carbocycles. The lowest BCUT2D eigenvalue weighted by atomic mass is 10.1. The number of nitrogens with zero attached hydrogens (tertiary/aromatic N) is 2. The Kier molecular flexibility index (Phi) is 4.97. The Hall–Kier alpha value is -2.18. The molecule has 4 nitrogen and oxygen atoms in total. The first-order valence-corrected chi connectivity index (χ1v) is 7.91. The van der Waals surface area contributed by atoms with E-state index in [9.17, 15) is 19.0 Å². The maximum absolute atomic E-state index is 13.3. The van der Waals surface area contributed by atoms with Gasteiger partial charge >= 0.3 is 0 Å². The van der Waals surface area contributed by atoms with Crippen molar-refractivity contribution < 1.29 is 19.0 Å². The summed E-state index contributed by atoms with van der Waals surface area (Å²) in [5.41, 5.74) is 1.09. The highest BCUT2D eigenvalue weighted by atomic mass is 19.1. The number of aromatic hydroxyl groups is 2. The van der Waals surface area contributed by atoms with Gasteiger partial charge in [0.05, 0.1) is 6.67 Å². The van der Waals surface area contributed by atoms with Crippen LogP contribution in [0.5, 0.6) is 11.5 Å². The van der Waals surface area contributed by atoms with Crippen LogP contribution in [0.3, 0.4) is 0 Å². The second-order valence-corrected chi connectivity index (χ2v) is 6.15. The lowest BCUT2D eigenvalue weighted by Crippen LogP contribution is -2.43. The highest BCUT2D eigenvalue weighted by Gasteiger charge is 2.20. The molecular weight excluding hydrogens is 314 g/mol. The van der Waals surface area contributed by atoms with Crippen molar-refractivity contribution in [3.05, 3.63) is 59.2 Å². The Bertz CT molecular complexity index is 665. The number of benzene rings is 2. The lowest BCUT2D eigenvalue weighted by molar-refractivity contribution is 0.0733. The molecule has 0 spiro atoms. The fraction of sp³-hybridized carbons (Fsp3) is 0.333. The summed E-state index contributed by atoms with van der Waals surface area (Å²) in [4.78, 5) is 4.18. The third-order valence-electron chi connectivity index (χ3n) is 4.22. The van der Waals surface area contributed by atoms with Gasteiger partial charge in [0.15, 0.2) is 0 Å². The Labute approximate surface area is 139 Å². The molecule has 6 heteroatoms. The lowest BCUT2D eigenvalue weighted by Gasteiger charge is -2.35. The van der Waals surface area contributed by atoms with Gasteiger partial charge in [-0.3, -0.25) is 9.80 Å². The van der Waals surface area contributed by atoms with Gasteiger partial charge in [0.1, 0.15) is 23.1 Å². The molecule has 0 bridgehead atoms. The van der Waals surface area contributed by atoms with Gasteiger partial charge in [-0.2, -0.15) is 0 Å². The minimum absolute atomic E-state index is 0.0799. The summed E-state index contributed by atoms with van der Waals surface area (Å²) in [6, 6.07) is 7.86. The molecule has 0 aliphatic carbocycles. The molecule has 1 heterocycles. The minimum Gasteiger partial charge on any atom is -0.508 e. The van der Waals surface area contributed by atoms with Crippen LogP contribution in [-0.2, 0) is 13.1 Å². The molecule has 3 rings (SSSR count). The summed E-state index contributed by atoms with van der Waals surface area (Å²) in [7, 11) is 0. The second-order valence-electron chi connectivity index (χ2n) is 6.15. The first kappa shape index (κ1) is 16.7. The molecule has 0 atom stereocenters. The number of phenolic OH excluding ortho intramolecular Hbond substituents is 2. The van der Waals surface area contributed by atoms with Crippen molar-refractivity contribution in [3.8, 4) is 11.5 Å². The Morgan fingerprint density at radius 1 is 0.792 bits per heavy atom. The molecule has 2 aromatic rings. The quantitative estimate of drug-likeness (QED) is 0.902. The Morgan fingerprint density at radius 3 is 1.71 bits per heavy atom. The van der Waals surface area contributed by atoms with Gasteiger partial charge in [0.2, 0.25) is 0 Å². The standard InChI is InChI=1S/C18H20F2N2O2/c19-15-2-4-17(23)13(8-15)10-21-6-1-7-22(12-21)11-14-9-16(20)3-5-18(14)24/h2-5,8-9,23-24H,1,6-7,10-12H2. The van der Waals surface area contributed by atoms with E-state index in [1.807, 2.05) is 0 Å². The zero-order valence-electron chi connectivity index (χ0n) is 13.3. The van der Waals surface area contributed by atoms with Gasteiger partial charge in [-0.15, -0.1) is 0 Å². The van der Waals surface area contributed by atoms with E-state index >= 15 is 0 Å². The first-order chi connectivity index (χ1) is 11.5. The van der Waals surface area contributed by atoms with Crippen LogP contribution < -0.4 is 0 Å². The second kappa shape index (κ2) is 7.15. The van der Waals surface area contributed by atoms with E-state index in [1.54, 1.807) is 0 Å². The summed E-state index contributed by atoms with van der Waals surface area (Å²) < 4.78 is 26.7. The molecular formula is C18H20F2N2O2. The van der Waals surface area contributed by atoms with Crippen LogP contribution >= 0.6 is 0 Å². The van der Waals surface area contributed by atoms with Crippen LogP contribution in [0.2, 0.25) is 0 Å². The smallest absolute Gasteiger partial charge is 0.123 e. The van der Waals surface area contributed by atoms with E-state index in [0.29, 0.717) is 30.9 Å². The maximum atomic E-state index is 13.3. The summed E-state index contributed by atoms with van der Waals surface area (Å²) in [6.07, 6.45) is 0.909. The van der Waals surface area contributed by atoms with Gasteiger partial charge in [0.25, 0.3) is 0 Å². The summed E-state index contributed by atoms with van der Waals surface area (Å²) >= 11 is 0. The Morgan fingerprint density at radius 2 is 1.25 bits per heavy atom. The van der Waals surface area contributed by atoms with Crippen LogP contribution in [0, 0.1) is 11.6 Å². The largest absolute Gasteiger partial charge is 0.508 e. The van der Waals surface area contributed by atoms with Crippen molar-refractivity contribution in [3.63, 3.8) is 0 Å². The molecule has 1 saturated heterocycles. The summed E-state index contributed by atoms with van der Waals surface area (Å²) in [5.74, 6) is -0.588. The number of hydrogen-bond acceptors (Lipinski definition) is 4. The SMILES string of the molecule is Oc1ccc(F)cc1CN1CCCN(Cc2cc(F)ccc2O)C1. The molecule has 1 aliphatic rings. The maximum Gasteiger partial charge on any atom is 0.123 e.